The van der Waals surface area contributed by atoms with Crippen LogP contribution in [0.4, 0.5) is 0 Å². The summed E-state index contributed by atoms with van der Waals surface area (Å²) >= 11 is 0. The molecule has 45 heavy (non-hydrogen) atoms. The molecule has 0 rings (SSSR count). The molecule has 0 aromatic heterocycles. The van der Waals surface area contributed by atoms with Crippen molar-refractivity contribution in [3.63, 3.8) is 0 Å². The number of hydrogen-bond donors (Lipinski definition) is 1. The van der Waals surface area contributed by atoms with Gasteiger partial charge in [0.15, 0.2) is 0 Å². The average molecular weight is 637 g/mol. The molecule has 6 heteroatoms. The molecule has 0 spiro atoms. The van der Waals surface area contributed by atoms with Crippen LogP contribution in [0.1, 0.15) is 159 Å². The molecule has 0 amide bonds. The van der Waals surface area contributed by atoms with Gasteiger partial charge < -0.3 is 20.1 Å². The molecule has 0 aliphatic carbocycles. The van der Waals surface area contributed by atoms with Crippen LogP contribution in [0.25, 0.3) is 0 Å². The first-order chi connectivity index (χ1) is 21.0. The summed E-state index contributed by atoms with van der Waals surface area (Å²) in [6.45, 7) is 20.6. The third kappa shape index (κ3) is 23.6. The number of nitrogens with zero attached hydrogens (tertiary/aromatic N) is 1. The fourth-order valence-corrected chi connectivity index (χ4v) is 6.55. The summed E-state index contributed by atoms with van der Waals surface area (Å²) in [6, 6.07) is 0. The highest BCUT2D eigenvalue weighted by atomic mass is 16.5. The number of unbranched alkanes of at least 4 members (excludes halogenated alkanes) is 4. The Bertz CT molecular complexity index is 805. The molecular weight excluding hydrogens is 560 g/mol. The van der Waals surface area contributed by atoms with E-state index in [1.165, 1.54) is 57.8 Å². The molecule has 0 aliphatic heterocycles. The molecular formula is C39H76N2O4. The molecule has 5 unspecified atom stereocenters. The third-order valence-corrected chi connectivity index (χ3v) is 9.13. The number of carbonyl (C=O) groups excluding carboxylic acids is 2. The Morgan fingerprint density at radius 2 is 1.42 bits per heavy atom. The van der Waals surface area contributed by atoms with E-state index >= 15 is 0 Å². The smallest absolute Gasteiger partial charge is 0.308 e. The number of carbonyl (C=O) groups is 2. The quantitative estimate of drug-likeness (QED) is 0.0549. The zero-order valence-electron chi connectivity index (χ0n) is 31.7. The van der Waals surface area contributed by atoms with Crippen molar-refractivity contribution in [2.75, 3.05) is 27.2 Å². The first kappa shape index (κ1) is 43.6. The second-order valence-electron chi connectivity index (χ2n) is 16.0. The van der Waals surface area contributed by atoms with Gasteiger partial charge in [-0.3, -0.25) is 9.59 Å². The fraction of sp³-hybridized carbons (Fsp3) is 0.897. The van der Waals surface area contributed by atoms with Gasteiger partial charge in [0, 0.05) is 17.4 Å². The summed E-state index contributed by atoms with van der Waals surface area (Å²) in [5.41, 5.74) is 5.81. The maximum atomic E-state index is 12.9. The summed E-state index contributed by atoms with van der Waals surface area (Å²) in [6.07, 6.45) is 20.1. The normalized spacial score (nSPS) is 16.5. The Labute approximate surface area is 280 Å². The molecule has 0 saturated heterocycles. The van der Waals surface area contributed by atoms with Crippen molar-refractivity contribution in [2.24, 2.45) is 34.8 Å². The van der Waals surface area contributed by atoms with Gasteiger partial charge in [0.05, 0.1) is 5.92 Å². The van der Waals surface area contributed by atoms with E-state index in [0.717, 1.165) is 38.1 Å². The van der Waals surface area contributed by atoms with Gasteiger partial charge in [-0.25, -0.2) is 0 Å². The molecule has 5 atom stereocenters. The van der Waals surface area contributed by atoms with Crippen LogP contribution in [0.5, 0.6) is 0 Å². The Balaban J connectivity index is 5.12. The second kappa shape index (κ2) is 23.8. The lowest BCUT2D eigenvalue weighted by atomic mass is 9.73. The summed E-state index contributed by atoms with van der Waals surface area (Å²) in [5, 5.41) is 0. The lowest BCUT2D eigenvalue weighted by Crippen LogP contribution is -2.44. The van der Waals surface area contributed by atoms with Crippen molar-refractivity contribution in [2.45, 2.75) is 170 Å². The number of hydrogen-bond acceptors (Lipinski definition) is 6. The highest BCUT2D eigenvalue weighted by molar-refractivity contribution is 5.72. The van der Waals surface area contributed by atoms with Crippen LogP contribution in [0.15, 0.2) is 12.2 Å². The molecule has 266 valence electrons. The monoisotopic (exact) mass is 637 g/mol. The zero-order valence-corrected chi connectivity index (χ0v) is 31.7. The summed E-state index contributed by atoms with van der Waals surface area (Å²) in [7, 11) is 4.05. The summed E-state index contributed by atoms with van der Waals surface area (Å²) in [4.78, 5) is 27.3. The molecule has 0 aromatic carbocycles. The summed E-state index contributed by atoms with van der Waals surface area (Å²) in [5.74, 6) is 1.45. The van der Waals surface area contributed by atoms with E-state index in [1.807, 2.05) is 40.1 Å². The van der Waals surface area contributed by atoms with Gasteiger partial charge in [-0.2, -0.15) is 0 Å². The second-order valence-corrected chi connectivity index (χ2v) is 16.0. The van der Waals surface area contributed by atoms with E-state index < -0.39 is 5.54 Å². The van der Waals surface area contributed by atoms with E-state index in [-0.39, 0.29) is 36.0 Å². The first-order valence-electron chi connectivity index (χ1n) is 18.5. The van der Waals surface area contributed by atoms with Gasteiger partial charge in [0.2, 0.25) is 0 Å². The van der Waals surface area contributed by atoms with Crippen LogP contribution in [-0.4, -0.2) is 55.7 Å². The summed E-state index contributed by atoms with van der Waals surface area (Å²) < 4.78 is 11.7. The minimum Gasteiger partial charge on any atom is -0.462 e. The van der Waals surface area contributed by atoms with Gasteiger partial charge in [-0.1, -0.05) is 119 Å². The Hall–Kier alpha value is -1.40. The van der Waals surface area contributed by atoms with Crippen LogP contribution in [-0.2, 0) is 19.1 Å². The van der Waals surface area contributed by atoms with Crippen LogP contribution < -0.4 is 5.73 Å². The van der Waals surface area contributed by atoms with Crippen molar-refractivity contribution < 1.29 is 19.1 Å². The largest absolute Gasteiger partial charge is 0.462 e. The van der Waals surface area contributed by atoms with E-state index in [2.05, 4.69) is 53.4 Å². The Morgan fingerprint density at radius 3 is 2.02 bits per heavy atom. The highest BCUT2D eigenvalue weighted by Gasteiger charge is 2.37. The molecule has 0 fully saturated rings. The van der Waals surface area contributed by atoms with Gasteiger partial charge >= 0.3 is 11.9 Å². The number of rotatable bonds is 27. The van der Waals surface area contributed by atoms with Crippen LogP contribution in [0, 0.1) is 29.1 Å². The van der Waals surface area contributed by atoms with Gasteiger partial charge in [0.1, 0.15) is 12.7 Å². The zero-order chi connectivity index (χ0) is 34.5. The van der Waals surface area contributed by atoms with Gasteiger partial charge in [-0.05, 0) is 83.5 Å². The fourth-order valence-electron chi connectivity index (χ4n) is 6.55. The molecule has 0 heterocycles. The van der Waals surface area contributed by atoms with E-state index in [9.17, 15) is 9.59 Å². The Morgan fingerprint density at radius 1 is 0.822 bits per heavy atom. The minimum absolute atomic E-state index is 0.110. The van der Waals surface area contributed by atoms with Gasteiger partial charge in [0.25, 0.3) is 0 Å². The lowest BCUT2D eigenvalue weighted by molar-refractivity contribution is -0.157. The highest BCUT2D eigenvalue weighted by Crippen LogP contribution is 2.36. The maximum Gasteiger partial charge on any atom is 0.308 e. The molecule has 0 aromatic rings. The van der Waals surface area contributed by atoms with E-state index in [4.69, 9.17) is 15.2 Å². The van der Waals surface area contributed by atoms with Crippen molar-refractivity contribution >= 4 is 11.9 Å². The molecule has 0 bridgehead atoms. The minimum atomic E-state index is -0.632. The third-order valence-electron chi connectivity index (χ3n) is 9.13. The van der Waals surface area contributed by atoms with Crippen molar-refractivity contribution in [3.8, 4) is 0 Å². The standard InChI is InChI=1S/C39H76N2O4/c1-12-13-14-15-16-20-32(4)21-17-22-33(5)24-25-35(45-36(42)23-18-27-41(10)11)38(7,8)30-39(9,40)26-19-28-44-37(43)34(6)29-31(2)3/h19,26,31-35H,12-18,20-25,27-30,40H2,1-11H3/b26-19-. The lowest BCUT2D eigenvalue weighted by Gasteiger charge is -2.39. The molecule has 2 N–H and O–H groups in total. The van der Waals surface area contributed by atoms with Crippen molar-refractivity contribution in [3.05, 3.63) is 12.2 Å². The van der Waals surface area contributed by atoms with E-state index in [1.54, 1.807) is 0 Å². The van der Waals surface area contributed by atoms with Crippen LogP contribution in [0.3, 0.4) is 0 Å². The van der Waals surface area contributed by atoms with Crippen LogP contribution >= 0.6 is 0 Å². The molecule has 0 radical (unpaired) electrons. The SMILES string of the molecule is CCCCCCCC(C)CCCC(C)CCC(OC(=O)CCCN(C)C)C(C)(C)CC(C)(N)/C=C\COC(=O)C(C)CC(C)C. The number of esters is 2. The topological polar surface area (TPSA) is 81.9 Å². The predicted molar refractivity (Wildman–Crippen MR) is 192 cm³/mol. The van der Waals surface area contributed by atoms with Crippen molar-refractivity contribution in [1.29, 1.82) is 0 Å². The number of nitrogens with two attached hydrogens (primary N) is 1. The first-order valence-corrected chi connectivity index (χ1v) is 18.5. The Kier molecular flexibility index (Phi) is 23.1. The van der Waals surface area contributed by atoms with Crippen LogP contribution in [0.2, 0.25) is 0 Å². The van der Waals surface area contributed by atoms with Crippen molar-refractivity contribution in [1.82, 2.24) is 4.90 Å². The molecule has 6 nitrogen and oxygen atoms in total. The molecule has 0 saturated carbocycles. The number of ether oxygens (including phenoxy) is 2. The van der Waals surface area contributed by atoms with Gasteiger partial charge in [-0.15, -0.1) is 0 Å². The predicted octanol–water partition coefficient (Wildman–Crippen LogP) is 9.74. The maximum absolute atomic E-state index is 12.9. The molecule has 0 aliphatic rings. The average Bonchev–Trinajstić information content (AvgIpc) is 2.91. The van der Waals surface area contributed by atoms with E-state index in [0.29, 0.717) is 24.7 Å².